The normalized spacial score (nSPS) is 11.1. The second-order valence-corrected chi connectivity index (χ2v) is 32.7. The molecule has 0 bridgehead atoms. The van der Waals surface area contributed by atoms with E-state index in [1.165, 1.54) is 81.8 Å². The SMILES string of the molecule is [B]N=P.c1ccc(N(c2ccc(-c3ccc(N(c4ccccc4)c4cccc5ccccc45)cc3)cc2)c2cccc3ccccc23)cc1.c1ccc(N(c2ccc(N(c3ccc(N(c4ccccc4)c4ccc5ccccc5c4)cc3)c3ccc(N(c4ccccc4)c4ccc5ccccc5c4)cc3)cc2)c2ccc3ccccc3c2)cc1.c1ccc2c(c1)C[n+]1ccccc1-2. The van der Waals surface area contributed by atoms with Gasteiger partial charge in [-0.05, 0) is 282 Å². The fourth-order valence-electron chi connectivity index (χ4n) is 18.1. The maximum Gasteiger partial charge on any atom is 0.265 e. The van der Waals surface area contributed by atoms with E-state index in [1.54, 1.807) is 0 Å². The number of pyridine rings is 1. The van der Waals surface area contributed by atoms with Gasteiger partial charge in [-0.1, -0.05) is 297 Å². The Morgan fingerprint density at radius 2 is 0.432 bits per heavy atom. The van der Waals surface area contributed by atoms with Crippen LogP contribution in [0.1, 0.15) is 5.56 Å². The summed E-state index contributed by atoms with van der Waals surface area (Å²) in [5.74, 6) is 0. The van der Waals surface area contributed by atoms with Crippen LogP contribution in [0, 0.1) is 0 Å². The van der Waals surface area contributed by atoms with Gasteiger partial charge in [0.1, 0.15) is 0 Å². The van der Waals surface area contributed by atoms with Crippen molar-refractivity contribution in [3.05, 3.63) is 540 Å². The maximum atomic E-state index is 4.39. The summed E-state index contributed by atoms with van der Waals surface area (Å²) in [4.78, 5) is 14.0. The van der Waals surface area contributed by atoms with Crippen LogP contribution in [0.2, 0.25) is 0 Å². The highest BCUT2D eigenvalue weighted by atomic mass is 31.0. The van der Waals surface area contributed by atoms with Crippen molar-refractivity contribution < 1.29 is 4.57 Å². The summed E-state index contributed by atoms with van der Waals surface area (Å²) in [6, 6.07) is 189. The Balaban J connectivity index is 0.000000148. The lowest BCUT2D eigenvalue weighted by Crippen LogP contribution is -2.31. The number of hydrogen-bond donors (Lipinski definition) is 0. The summed E-state index contributed by atoms with van der Waals surface area (Å²) in [6.07, 6.45) is 2.13. The Morgan fingerprint density at radius 3 is 0.773 bits per heavy atom. The lowest BCUT2D eigenvalue weighted by Gasteiger charge is -2.30. The number of nitrogens with zero attached hydrogens (tertiary/aromatic N) is 8. The van der Waals surface area contributed by atoms with Crippen LogP contribution in [0.25, 0.3) is 76.2 Å². The molecule has 0 fully saturated rings. The molecule has 0 atom stereocenters. The lowest BCUT2D eigenvalue weighted by molar-refractivity contribution is -0.672. The van der Waals surface area contributed by atoms with E-state index in [4.69, 9.17) is 0 Å². The molecule has 2 heterocycles. The molecular formula is C122H91BN8P+. The van der Waals surface area contributed by atoms with Crippen LogP contribution in [0.15, 0.2) is 539 Å². The summed E-state index contributed by atoms with van der Waals surface area (Å²) in [5.41, 5.74) is 26.2. The molecule has 1 aliphatic rings. The molecule has 23 rings (SSSR count). The second kappa shape index (κ2) is 39.1. The van der Waals surface area contributed by atoms with Crippen LogP contribution in [0.3, 0.4) is 0 Å². The third kappa shape index (κ3) is 18.0. The van der Waals surface area contributed by atoms with Crippen LogP contribution in [-0.2, 0) is 6.54 Å². The summed E-state index contributed by atoms with van der Waals surface area (Å²) < 4.78 is 5.09. The summed E-state index contributed by atoms with van der Waals surface area (Å²) in [6.45, 7) is 1.02. The summed E-state index contributed by atoms with van der Waals surface area (Å²) in [5, 5.41) is 12.2. The predicted molar refractivity (Wildman–Crippen MR) is 562 cm³/mol. The number of anilines is 18. The number of fused-ring (bicyclic) bond motifs is 8. The molecule has 21 aromatic carbocycles. The zero-order valence-corrected chi connectivity index (χ0v) is 73.7. The van der Waals surface area contributed by atoms with E-state index in [-0.39, 0.29) is 0 Å². The average Bonchev–Trinajstić information content (AvgIpc) is 1.07. The Bertz CT molecular complexity index is 7100. The molecular weight excluding hydrogens is 1620 g/mol. The van der Waals surface area contributed by atoms with Crippen LogP contribution in [-0.4, -0.2) is 7.98 Å². The second-order valence-electron chi connectivity index (χ2n) is 32.4. The summed E-state index contributed by atoms with van der Waals surface area (Å²) in [7, 11) is 6.97. The highest BCUT2D eigenvalue weighted by molar-refractivity contribution is 7.05. The van der Waals surface area contributed by atoms with Gasteiger partial charge in [0, 0.05) is 119 Å². The first-order valence-corrected chi connectivity index (χ1v) is 45.0. The minimum atomic E-state index is 1.02. The van der Waals surface area contributed by atoms with Gasteiger partial charge >= 0.3 is 0 Å². The molecule has 0 saturated heterocycles. The molecule has 1 aliphatic heterocycles. The molecule has 0 saturated carbocycles. The highest BCUT2D eigenvalue weighted by Crippen LogP contribution is 2.47. The van der Waals surface area contributed by atoms with Gasteiger partial charge in [-0.3, -0.25) is 0 Å². The van der Waals surface area contributed by atoms with Gasteiger partial charge in [0.15, 0.2) is 12.7 Å². The average molecular weight is 1710 g/mol. The van der Waals surface area contributed by atoms with E-state index in [9.17, 15) is 0 Å². The van der Waals surface area contributed by atoms with Gasteiger partial charge in [-0.15, -0.1) is 0 Å². The number of benzene rings is 21. The predicted octanol–water partition coefficient (Wildman–Crippen LogP) is 34.0. The van der Waals surface area contributed by atoms with Crippen molar-refractivity contribution in [2.75, 3.05) is 29.4 Å². The van der Waals surface area contributed by atoms with Crippen molar-refractivity contribution in [3.63, 3.8) is 0 Å². The topological polar surface area (TPSA) is 35.7 Å². The van der Waals surface area contributed by atoms with Crippen LogP contribution < -0.4 is 34.0 Å². The van der Waals surface area contributed by atoms with E-state index in [0.29, 0.717) is 0 Å². The Hall–Kier alpha value is -17.0. The molecule has 626 valence electrons. The smallest absolute Gasteiger partial charge is 0.265 e. The minimum Gasteiger partial charge on any atom is -0.344 e. The standard InChI is InChI=1S/C66H48N4.C44H32N2.C12H10N.BHNP/c1-4-22-55(23-5-1)68(64-31-28-49-16-10-13-19-52(49)46-64)61-40-34-58(35-41-61)67(59-36-42-62(43-37-59)69(56-24-6-2-7-25-56)65-32-29-50-17-11-14-20-53(50)47-65)60-38-44-63(45-39-60)70(57-26-8-3-9-27-57)66-33-30-51-18-12-15-21-54(51)48-66;1-3-17-37(18-4-1)45(43-23-11-15-35-13-7-9-21-41(35)43)39-29-25-33(26-30-39)34-27-31-40(32-28-34)46(38-19-5-2-6-20-38)44-24-12-16-36-14-8-10-22-42(36)44;1-2-6-11-10(5-1)9-13-8-4-3-7-12(11)13;1-2-3/h1-48H;1-32H;1-8H,9H2;3H/q;;+1;. The third-order valence-corrected chi connectivity index (χ3v) is 24.3. The van der Waals surface area contributed by atoms with Crippen molar-refractivity contribution in [2.45, 2.75) is 6.54 Å². The first kappa shape index (κ1) is 83.3. The third-order valence-electron chi connectivity index (χ3n) is 24.3. The van der Waals surface area contributed by atoms with Crippen molar-refractivity contribution in [1.82, 2.24) is 0 Å². The first-order chi connectivity index (χ1) is 65.4. The number of para-hydroxylation sites is 5. The molecule has 132 heavy (non-hydrogen) atoms. The molecule has 0 N–H and O–H groups in total. The molecule has 8 nitrogen and oxygen atoms in total. The van der Waals surface area contributed by atoms with Gasteiger partial charge in [-0.2, -0.15) is 4.57 Å². The van der Waals surface area contributed by atoms with Crippen LogP contribution >= 0.6 is 9.03 Å². The van der Waals surface area contributed by atoms with E-state index in [0.717, 1.165) is 109 Å². The van der Waals surface area contributed by atoms with Gasteiger partial charge in [0.05, 0.1) is 16.9 Å². The fourth-order valence-corrected chi connectivity index (χ4v) is 18.1. The molecule has 0 aliphatic carbocycles. The molecule has 0 unspecified atom stereocenters. The Labute approximate surface area is 775 Å². The summed E-state index contributed by atoms with van der Waals surface area (Å²) >= 11 is 0. The van der Waals surface area contributed by atoms with Gasteiger partial charge in [0.2, 0.25) is 5.69 Å². The van der Waals surface area contributed by atoms with E-state index in [1.807, 2.05) is 0 Å². The minimum absolute atomic E-state index is 1.02. The Morgan fingerprint density at radius 1 is 0.197 bits per heavy atom. The maximum absolute atomic E-state index is 4.39. The number of aromatic nitrogens is 1. The van der Waals surface area contributed by atoms with Crippen molar-refractivity contribution in [3.8, 4) is 22.4 Å². The lowest BCUT2D eigenvalue weighted by atomic mass is 10.0. The largest absolute Gasteiger partial charge is 0.344 e. The molecule has 10 heteroatoms. The van der Waals surface area contributed by atoms with E-state index in [2.05, 4.69) is 590 Å². The van der Waals surface area contributed by atoms with Crippen molar-refractivity contribution in [1.29, 1.82) is 0 Å². The van der Waals surface area contributed by atoms with E-state index < -0.39 is 0 Å². The van der Waals surface area contributed by atoms with Gasteiger partial charge in [-0.25, -0.2) is 0 Å². The van der Waals surface area contributed by atoms with E-state index >= 15 is 0 Å². The van der Waals surface area contributed by atoms with Crippen LogP contribution in [0.4, 0.5) is 102 Å². The van der Waals surface area contributed by atoms with Crippen molar-refractivity contribution >= 4 is 173 Å². The molecule has 1 aromatic heterocycles. The van der Waals surface area contributed by atoms with Crippen LogP contribution in [0.5, 0.6) is 0 Å². The first-order valence-electron chi connectivity index (χ1n) is 44.5. The molecule has 22 aromatic rings. The zero-order valence-electron chi connectivity index (χ0n) is 72.7. The highest BCUT2D eigenvalue weighted by Gasteiger charge is 2.26. The van der Waals surface area contributed by atoms with Gasteiger partial charge < -0.3 is 34.1 Å². The number of rotatable bonds is 19. The monoisotopic (exact) mass is 1710 g/mol. The Kier molecular flexibility index (Phi) is 24.7. The molecule has 0 spiro atoms. The quantitative estimate of drug-likeness (QED) is 0.0456. The molecule has 2 radical (unpaired) electrons. The molecule has 0 amide bonds. The van der Waals surface area contributed by atoms with Crippen molar-refractivity contribution in [2.24, 2.45) is 4.66 Å². The van der Waals surface area contributed by atoms with Gasteiger partial charge in [0.25, 0.3) is 7.98 Å². The number of hydrogen-bond acceptors (Lipinski definition) is 7. The zero-order chi connectivity index (χ0) is 88.7. The fraction of sp³-hybridized carbons (Fsp3) is 0.00820.